The number of fused-ring (bicyclic) bond motifs is 1. The van der Waals surface area contributed by atoms with Gasteiger partial charge >= 0.3 is 6.18 Å². The second-order valence-electron chi connectivity index (χ2n) is 4.25. The fourth-order valence-electron chi connectivity index (χ4n) is 1.94. The normalized spacial score (nSPS) is 19.1. The van der Waals surface area contributed by atoms with Gasteiger partial charge in [0.1, 0.15) is 5.75 Å². The molecule has 1 atom stereocenters. The summed E-state index contributed by atoms with van der Waals surface area (Å²) in [7, 11) is -3.64. The molecule has 0 aliphatic carbocycles. The maximum atomic E-state index is 12.6. The summed E-state index contributed by atoms with van der Waals surface area (Å²) in [5.41, 5.74) is 5.63. The first-order valence-corrected chi connectivity index (χ1v) is 7.19. The van der Waals surface area contributed by atoms with E-state index in [2.05, 4.69) is 0 Å². The molecule has 1 unspecified atom stereocenters. The minimum absolute atomic E-state index is 0.0541. The Bertz CT molecular complexity index is 610. The number of rotatable bonds is 2. The first-order chi connectivity index (χ1) is 8.65. The van der Waals surface area contributed by atoms with Crippen molar-refractivity contribution in [2.24, 2.45) is 0 Å². The van der Waals surface area contributed by atoms with Crippen molar-refractivity contribution >= 4 is 15.5 Å². The number of nitrogen functional groups attached to an aromatic ring is 1. The van der Waals surface area contributed by atoms with Crippen LogP contribution in [0.5, 0.6) is 5.75 Å². The number of sulfone groups is 1. The Balaban J connectivity index is 2.54. The molecular weight excluding hydrogens is 283 g/mol. The van der Waals surface area contributed by atoms with Crippen LogP contribution < -0.4 is 10.5 Å². The Kier molecular flexibility index (Phi) is 3.16. The fraction of sp³-hybridized carbons (Fsp3) is 0.455. The van der Waals surface area contributed by atoms with E-state index in [1.54, 1.807) is 0 Å². The van der Waals surface area contributed by atoms with E-state index < -0.39 is 28.5 Å². The molecule has 1 aromatic carbocycles. The van der Waals surface area contributed by atoms with E-state index in [1.165, 1.54) is 19.1 Å². The molecule has 19 heavy (non-hydrogen) atoms. The lowest BCUT2D eigenvalue weighted by atomic mass is 10.1. The Morgan fingerprint density at radius 3 is 2.58 bits per heavy atom. The van der Waals surface area contributed by atoms with E-state index in [0.29, 0.717) is 0 Å². The number of alkyl halides is 3. The van der Waals surface area contributed by atoms with E-state index in [9.17, 15) is 21.6 Å². The Labute approximate surface area is 108 Å². The zero-order chi connectivity index (χ0) is 14.4. The molecule has 2 rings (SSSR count). The van der Waals surface area contributed by atoms with Crippen LogP contribution in [0.2, 0.25) is 0 Å². The van der Waals surface area contributed by atoms with E-state index >= 15 is 0 Å². The highest BCUT2D eigenvalue weighted by Crippen LogP contribution is 2.41. The van der Waals surface area contributed by atoms with Crippen molar-refractivity contribution < 1.29 is 26.3 Å². The van der Waals surface area contributed by atoms with Gasteiger partial charge in [-0.15, -0.1) is 0 Å². The number of hydrogen-bond donors (Lipinski definition) is 1. The van der Waals surface area contributed by atoms with E-state index in [1.807, 2.05) is 0 Å². The van der Waals surface area contributed by atoms with Crippen LogP contribution in [0.3, 0.4) is 0 Å². The highest BCUT2D eigenvalue weighted by Gasteiger charge is 2.46. The first kappa shape index (κ1) is 14.0. The molecule has 0 saturated carbocycles. The maximum Gasteiger partial charge on any atom is 0.425 e. The van der Waals surface area contributed by atoms with Gasteiger partial charge < -0.3 is 10.5 Å². The molecule has 0 fully saturated rings. The first-order valence-electron chi connectivity index (χ1n) is 5.53. The Morgan fingerprint density at radius 2 is 2.05 bits per heavy atom. The van der Waals surface area contributed by atoms with Crippen LogP contribution in [0, 0.1) is 0 Å². The molecule has 106 valence electrons. The topological polar surface area (TPSA) is 69.4 Å². The third-order valence-electron chi connectivity index (χ3n) is 2.93. The van der Waals surface area contributed by atoms with Gasteiger partial charge in [-0.1, -0.05) is 6.92 Å². The molecule has 0 radical (unpaired) electrons. The summed E-state index contributed by atoms with van der Waals surface area (Å²) < 4.78 is 66.4. The predicted octanol–water partition coefficient (Wildman–Crippen LogP) is 1.93. The highest BCUT2D eigenvalue weighted by molar-refractivity contribution is 7.91. The quantitative estimate of drug-likeness (QED) is 0.846. The summed E-state index contributed by atoms with van der Waals surface area (Å²) in [6.45, 7) is 1.42. The average Bonchev–Trinajstić information content (AvgIpc) is 2.71. The molecule has 2 N–H and O–H groups in total. The average molecular weight is 295 g/mol. The minimum Gasteiger partial charge on any atom is -0.480 e. The molecule has 0 spiro atoms. The van der Waals surface area contributed by atoms with Gasteiger partial charge in [0.25, 0.3) is 0 Å². The van der Waals surface area contributed by atoms with Crippen LogP contribution in [0.25, 0.3) is 0 Å². The van der Waals surface area contributed by atoms with Gasteiger partial charge in [-0.05, 0) is 6.07 Å². The zero-order valence-electron chi connectivity index (χ0n) is 9.99. The minimum atomic E-state index is -4.54. The summed E-state index contributed by atoms with van der Waals surface area (Å²) in [6.07, 6.45) is -7.07. The van der Waals surface area contributed by atoms with Crippen molar-refractivity contribution in [3.8, 4) is 5.75 Å². The fourth-order valence-corrected chi connectivity index (χ4v) is 3.13. The smallest absolute Gasteiger partial charge is 0.425 e. The second-order valence-corrected chi connectivity index (χ2v) is 6.50. The van der Waals surface area contributed by atoms with Crippen molar-refractivity contribution in [3.63, 3.8) is 0 Å². The molecule has 1 aliphatic heterocycles. The van der Waals surface area contributed by atoms with E-state index in [0.717, 1.165) is 0 Å². The van der Waals surface area contributed by atoms with Crippen LogP contribution >= 0.6 is 0 Å². The van der Waals surface area contributed by atoms with E-state index in [4.69, 9.17) is 10.5 Å². The summed E-state index contributed by atoms with van der Waals surface area (Å²) in [5, 5.41) is 0. The van der Waals surface area contributed by atoms with Crippen molar-refractivity contribution in [1.29, 1.82) is 0 Å². The van der Waals surface area contributed by atoms with Crippen molar-refractivity contribution in [3.05, 3.63) is 17.7 Å². The highest BCUT2D eigenvalue weighted by atomic mass is 32.2. The summed E-state index contributed by atoms with van der Waals surface area (Å²) in [6, 6.07) is 2.40. The van der Waals surface area contributed by atoms with Crippen LogP contribution in [0.15, 0.2) is 17.0 Å². The molecule has 0 saturated heterocycles. The van der Waals surface area contributed by atoms with E-state index in [-0.39, 0.29) is 27.6 Å². The number of hydrogen-bond acceptors (Lipinski definition) is 4. The van der Waals surface area contributed by atoms with Crippen LogP contribution in [-0.2, 0) is 16.3 Å². The SMILES string of the molecule is CCS(=O)(=O)c1cc(N)cc2c1CC(C(F)(F)F)O2. The number of nitrogens with two attached hydrogens (primary N) is 1. The molecule has 0 bridgehead atoms. The predicted molar refractivity (Wildman–Crippen MR) is 62.8 cm³/mol. The maximum absolute atomic E-state index is 12.6. The van der Waals surface area contributed by atoms with Crippen molar-refractivity contribution in [1.82, 2.24) is 0 Å². The second kappa shape index (κ2) is 4.29. The lowest BCUT2D eigenvalue weighted by Gasteiger charge is -2.13. The van der Waals surface area contributed by atoms with Gasteiger partial charge in [-0.25, -0.2) is 8.42 Å². The van der Waals surface area contributed by atoms with Gasteiger partial charge in [0.15, 0.2) is 15.9 Å². The Morgan fingerprint density at radius 1 is 1.42 bits per heavy atom. The van der Waals surface area contributed by atoms with Crippen molar-refractivity contribution in [2.45, 2.75) is 30.5 Å². The summed E-state index contributed by atoms with van der Waals surface area (Å²) in [4.78, 5) is -0.170. The number of benzene rings is 1. The van der Waals surface area contributed by atoms with Gasteiger partial charge in [0.2, 0.25) is 0 Å². The summed E-state index contributed by atoms with van der Waals surface area (Å²) in [5.74, 6) is -0.311. The molecule has 1 heterocycles. The molecule has 1 aromatic rings. The molecule has 0 aromatic heterocycles. The third kappa shape index (κ3) is 2.49. The molecule has 4 nitrogen and oxygen atoms in total. The lowest BCUT2D eigenvalue weighted by molar-refractivity contribution is -0.189. The molecule has 0 amide bonds. The number of anilines is 1. The largest absolute Gasteiger partial charge is 0.480 e. The van der Waals surface area contributed by atoms with Crippen molar-refractivity contribution in [2.75, 3.05) is 11.5 Å². The number of halogens is 3. The van der Waals surface area contributed by atoms with Gasteiger partial charge in [-0.3, -0.25) is 0 Å². The van der Waals surface area contributed by atoms with Crippen LogP contribution in [0.4, 0.5) is 18.9 Å². The Hall–Kier alpha value is -1.44. The van der Waals surface area contributed by atoms with Gasteiger partial charge in [-0.2, -0.15) is 13.2 Å². The number of ether oxygens (including phenoxy) is 1. The van der Waals surface area contributed by atoms with Gasteiger partial charge in [0, 0.05) is 23.7 Å². The van der Waals surface area contributed by atoms with Gasteiger partial charge in [0.05, 0.1) is 10.6 Å². The lowest BCUT2D eigenvalue weighted by Crippen LogP contribution is -2.32. The molecule has 1 aliphatic rings. The monoisotopic (exact) mass is 295 g/mol. The van der Waals surface area contributed by atoms with Crippen LogP contribution in [0.1, 0.15) is 12.5 Å². The molecular formula is C11H12F3NO3S. The summed E-state index contributed by atoms with van der Waals surface area (Å²) >= 11 is 0. The van der Waals surface area contributed by atoms with Crippen LogP contribution in [-0.4, -0.2) is 26.5 Å². The third-order valence-corrected chi connectivity index (χ3v) is 4.72. The standard InChI is InChI=1S/C11H12F3NO3S/c1-2-19(16,17)9-4-6(15)3-8-7(9)5-10(18-8)11(12,13)14/h3-4,10H,2,5,15H2,1H3. The molecule has 8 heteroatoms. The zero-order valence-corrected chi connectivity index (χ0v) is 10.8.